The fraction of sp³-hybridized carbons (Fsp3) is 0.250. The van der Waals surface area contributed by atoms with Gasteiger partial charge in [0.25, 0.3) is 5.91 Å². The van der Waals surface area contributed by atoms with Crippen LogP contribution in [0, 0.1) is 0 Å². The van der Waals surface area contributed by atoms with Crippen molar-refractivity contribution in [2.24, 2.45) is 0 Å². The smallest absolute Gasteiger partial charge is 0.261 e. The van der Waals surface area contributed by atoms with Gasteiger partial charge < -0.3 is 15.4 Å². The van der Waals surface area contributed by atoms with E-state index in [2.05, 4.69) is 15.3 Å². The zero-order valence-corrected chi connectivity index (χ0v) is 13.0. The van der Waals surface area contributed by atoms with Gasteiger partial charge in [-0.3, -0.25) is 4.79 Å². The number of amides is 1. The molecule has 3 N–H and O–H groups in total. The highest BCUT2D eigenvalue weighted by atomic mass is 32.1. The Labute approximate surface area is 132 Å². The van der Waals surface area contributed by atoms with Gasteiger partial charge in [0.1, 0.15) is 5.65 Å². The molecule has 0 aromatic carbocycles. The summed E-state index contributed by atoms with van der Waals surface area (Å²) in [6.07, 6.45) is 4.32. The van der Waals surface area contributed by atoms with Crippen LogP contribution in [0.1, 0.15) is 23.0 Å². The molecule has 0 aliphatic rings. The summed E-state index contributed by atoms with van der Waals surface area (Å²) in [5, 5.41) is 13.1. The zero-order valence-electron chi connectivity index (χ0n) is 12.2. The van der Waals surface area contributed by atoms with Gasteiger partial charge in [0.05, 0.1) is 17.5 Å². The molecule has 0 fully saturated rings. The van der Waals surface area contributed by atoms with E-state index >= 15 is 0 Å². The highest BCUT2D eigenvalue weighted by molar-refractivity contribution is 7.17. The Bertz CT molecular complexity index is 789. The molecular weight excluding hydrogens is 298 g/mol. The number of hydrogen-bond acceptors (Lipinski definition) is 4. The van der Waals surface area contributed by atoms with E-state index in [0.29, 0.717) is 11.3 Å². The highest BCUT2D eigenvalue weighted by Crippen LogP contribution is 2.32. The van der Waals surface area contributed by atoms with Crippen molar-refractivity contribution in [3.63, 3.8) is 0 Å². The van der Waals surface area contributed by atoms with E-state index in [4.69, 9.17) is 0 Å². The van der Waals surface area contributed by atoms with E-state index in [1.54, 1.807) is 6.20 Å². The van der Waals surface area contributed by atoms with Gasteiger partial charge >= 0.3 is 0 Å². The Kier molecular flexibility index (Phi) is 4.22. The molecule has 3 heterocycles. The van der Waals surface area contributed by atoms with E-state index in [-0.39, 0.29) is 18.6 Å². The SMILES string of the molecule is CCC(CO)NC(=O)c1ccc(-c2ccnc3[nH]ccc23)s1. The topological polar surface area (TPSA) is 78.0 Å². The molecule has 3 rings (SSSR count). The molecule has 0 bridgehead atoms. The molecule has 0 radical (unpaired) electrons. The van der Waals surface area contributed by atoms with Gasteiger partial charge in [-0.2, -0.15) is 0 Å². The lowest BCUT2D eigenvalue weighted by molar-refractivity contribution is 0.0919. The van der Waals surface area contributed by atoms with E-state index in [1.165, 1.54) is 11.3 Å². The van der Waals surface area contributed by atoms with Crippen LogP contribution in [0.2, 0.25) is 0 Å². The number of hydrogen-bond donors (Lipinski definition) is 3. The highest BCUT2D eigenvalue weighted by Gasteiger charge is 2.15. The number of aromatic nitrogens is 2. The number of thiophene rings is 1. The minimum absolute atomic E-state index is 0.0468. The van der Waals surface area contributed by atoms with Gasteiger partial charge in [0.15, 0.2) is 0 Å². The molecule has 3 aromatic rings. The number of aliphatic hydroxyl groups is 1. The fourth-order valence-electron chi connectivity index (χ4n) is 2.31. The quantitative estimate of drug-likeness (QED) is 0.677. The molecule has 0 saturated heterocycles. The van der Waals surface area contributed by atoms with Crippen molar-refractivity contribution in [3.05, 3.63) is 41.5 Å². The molecule has 0 spiro atoms. The van der Waals surface area contributed by atoms with Gasteiger partial charge in [-0.1, -0.05) is 6.92 Å². The number of aliphatic hydroxyl groups excluding tert-OH is 1. The number of pyridine rings is 1. The molecular formula is C16H17N3O2S. The summed E-state index contributed by atoms with van der Waals surface area (Å²) in [6, 6.07) is 7.50. The zero-order chi connectivity index (χ0) is 15.5. The molecule has 3 aromatic heterocycles. The van der Waals surface area contributed by atoms with Crippen LogP contribution in [0.5, 0.6) is 0 Å². The van der Waals surface area contributed by atoms with E-state index < -0.39 is 0 Å². The van der Waals surface area contributed by atoms with Crippen molar-refractivity contribution < 1.29 is 9.90 Å². The first-order valence-electron chi connectivity index (χ1n) is 7.17. The minimum atomic E-state index is -0.199. The lowest BCUT2D eigenvalue weighted by atomic mass is 10.1. The number of nitrogens with zero attached hydrogens (tertiary/aromatic N) is 1. The third kappa shape index (κ3) is 2.75. The Morgan fingerprint density at radius 1 is 1.41 bits per heavy atom. The summed E-state index contributed by atoms with van der Waals surface area (Å²) in [5.74, 6) is -0.142. The van der Waals surface area contributed by atoms with Crippen molar-refractivity contribution in [2.75, 3.05) is 6.61 Å². The second-order valence-electron chi connectivity index (χ2n) is 5.02. The number of carbonyl (C=O) groups excluding carboxylic acids is 1. The van der Waals surface area contributed by atoms with E-state index in [1.807, 2.05) is 37.4 Å². The van der Waals surface area contributed by atoms with Crippen molar-refractivity contribution in [3.8, 4) is 10.4 Å². The van der Waals surface area contributed by atoms with Crippen LogP contribution in [-0.4, -0.2) is 33.6 Å². The lowest BCUT2D eigenvalue weighted by Gasteiger charge is -2.12. The first-order valence-corrected chi connectivity index (χ1v) is 7.98. The lowest BCUT2D eigenvalue weighted by Crippen LogP contribution is -2.36. The second-order valence-corrected chi connectivity index (χ2v) is 6.11. The number of fused-ring (bicyclic) bond motifs is 1. The van der Waals surface area contributed by atoms with Crippen molar-refractivity contribution in [2.45, 2.75) is 19.4 Å². The largest absolute Gasteiger partial charge is 0.394 e. The normalized spacial score (nSPS) is 12.5. The van der Waals surface area contributed by atoms with Crippen LogP contribution < -0.4 is 5.32 Å². The van der Waals surface area contributed by atoms with Gasteiger partial charge in [0, 0.05) is 28.2 Å². The molecule has 22 heavy (non-hydrogen) atoms. The predicted octanol–water partition coefficient (Wildman–Crippen LogP) is 2.79. The maximum absolute atomic E-state index is 12.2. The van der Waals surface area contributed by atoms with Crippen LogP contribution in [0.4, 0.5) is 0 Å². The van der Waals surface area contributed by atoms with Gasteiger partial charge in [0.2, 0.25) is 0 Å². The summed E-state index contributed by atoms with van der Waals surface area (Å²) in [7, 11) is 0. The number of H-pyrrole nitrogens is 1. The van der Waals surface area contributed by atoms with Crippen molar-refractivity contribution >= 4 is 28.3 Å². The molecule has 6 heteroatoms. The molecule has 1 atom stereocenters. The maximum Gasteiger partial charge on any atom is 0.261 e. The molecule has 1 amide bonds. The van der Waals surface area contributed by atoms with Crippen LogP contribution >= 0.6 is 11.3 Å². The molecule has 1 unspecified atom stereocenters. The molecule has 0 aliphatic carbocycles. The maximum atomic E-state index is 12.2. The Hall–Kier alpha value is -2.18. The third-order valence-electron chi connectivity index (χ3n) is 3.60. The first-order chi connectivity index (χ1) is 10.7. The average molecular weight is 315 g/mol. The van der Waals surface area contributed by atoms with Crippen LogP contribution in [0.25, 0.3) is 21.5 Å². The van der Waals surface area contributed by atoms with Gasteiger partial charge in [-0.05, 0) is 30.7 Å². The molecule has 0 saturated carbocycles. The van der Waals surface area contributed by atoms with Crippen LogP contribution in [0.3, 0.4) is 0 Å². The Balaban J connectivity index is 1.88. The summed E-state index contributed by atoms with van der Waals surface area (Å²) in [5.41, 5.74) is 1.90. The van der Waals surface area contributed by atoms with E-state index in [0.717, 1.165) is 21.5 Å². The summed E-state index contributed by atoms with van der Waals surface area (Å²) < 4.78 is 0. The van der Waals surface area contributed by atoms with Gasteiger partial charge in [-0.25, -0.2) is 4.98 Å². The fourth-order valence-corrected chi connectivity index (χ4v) is 3.26. The summed E-state index contributed by atoms with van der Waals surface area (Å²) in [6.45, 7) is 1.88. The second kappa shape index (κ2) is 6.29. The van der Waals surface area contributed by atoms with Crippen LogP contribution in [0.15, 0.2) is 36.7 Å². The molecule has 5 nitrogen and oxygen atoms in total. The monoisotopic (exact) mass is 315 g/mol. The number of carbonyl (C=O) groups is 1. The number of nitrogens with one attached hydrogen (secondary N) is 2. The minimum Gasteiger partial charge on any atom is -0.394 e. The number of aromatic amines is 1. The predicted molar refractivity (Wildman–Crippen MR) is 88.0 cm³/mol. The Morgan fingerprint density at radius 3 is 3.05 bits per heavy atom. The summed E-state index contributed by atoms with van der Waals surface area (Å²) >= 11 is 1.44. The standard InChI is InChI=1S/C16H17N3O2S/c1-2-10(9-20)19-16(21)14-4-3-13(22-14)11-5-7-17-15-12(11)6-8-18-15/h3-8,10,20H,2,9H2,1H3,(H,17,18)(H,19,21). The van der Waals surface area contributed by atoms with Crippen molar-refractivity contribution in [1.29, 1.82) is 0 Å². The summed E-state index contributed by atoms with van der Waals surface area (Å²) in [4.78, 5) is 21.2. The first kappa shape index (κ1) is 14.7. The van der Waals surface area contributed by atoms with E-state index in [9.17, 15) is 9.90 Å². The molecule has 114 valence electrons. The third-order valence-corrected chi connectivity index (χ3v) is 4.72. The van der Waals surface area contributed by atoms with Crippen LogP contribution in [-0.2, 0) is 0 Å². The Morgan fingerprint density at radius 2 is 2.27 bits per heavy atom. The molecule has 0 aliphatic heterocycles. The van der Waals surface area contributed by atoms with Crippen molar-refractivity contribution in [1.82, 2.24) is 15.3 Å². The van der Waals surface area contributed by atoms with Gasteiger partial charge in [-0.15, -0.1) is 11.3 Å². The number of rotatable bonds is 5. The average Bonchev–Trinajstić information content (AvgIpc) is 3.20.